The minimum atomic E-state index is 0.850. The van der Waals surface area contributed by atoms with Gasteiger partial charge in [0.15, 0.2) is 0 Å². The Morgan fingerprint density at radius 2 is 2.25 bits per heavy atom. The van der Waals surface area contributed by atoms with E-state index in [2.05, 4.69) is 21.2 Å². The van der Waals surface area contributed by atoms with Crippen molar-refractivity contribution in [3.63, 3.8) is 0 Å². The number of furan rings is 1. The summed E-state index contributed by atoms with van der Waals surface area (Å²) in [5, 5.41) is 1.07. The molecule has 0 saturated heterocycles. The van der Waals surface area contributed by atoms with Crippen LogP contribution in [0.3, 0.4) is 0 Å². The SMILES string of the molecule is ISOc1ccc2occc2c1. The van der Waals surface area contributed by atoms with E-state index < -0.39 is 0 Å². The van der Waals surface area contributed by atoms with E-state index in [1.807, 2.05) is 24.3 Å². The second-order valence-corrected chi connectivity index (χ2v) is 3.64. The maximum absolute atomic E-state index is 5.24. The Balaban J connectivity index is 2.46. The smallest absolute Gasteiger partial charge is 0.139 e. The molecule has 1 aromatic heterocycles. The first kappa shape index (κ1) is 8.25. The predicted molar refractivity (Wildman–Crippen MR) is 58.5 cm³/mol. The Morgan fingerprint density at radius 3 is 3.08 bits per heavy atom. The summed E-state index contributed by atoms with van der Waals surface area (Å²) < 4.78 is 10.4. The maximum atomic E-state index is 5.24. The Morgan fingerprint density at radius 1 is 1.33 bits per heavy atom. The fourth-order valence-electron chi connectivity index (χ4n) is 1.03. The molecule has 0 aliphatic heterocycles. The molecular weight excluding hydrogens is 287 g/mol. The van der Waals surface area contributed by atoms with Crippen LogP contribution in [0.4, 0.5) is 0 Å². The third-order valence-corrected chi connectivity index (χ3v) is 2.35. The van der Waals surface area contributed by atoms with Crippen molar-refractivity contribution in [2.45, 2.75) is 0 Å². The molecule has 62 valence electrons. The van der Waals surface area contributed by atoms with Gasteiger partial charge < -0.3 is 8.60 Å². The van der Waals surface area contributed by atoms with Gasteiger partial charge in [0, 0.05) is 26.6 Å². The van der Waals surface area contributed by atoms with Crippen LogP contribution in [-0.2, 0) is 0 Å². The number of rotatable bonds is 2. The van der Waals surface area contributed by atoms with Crippen LogP contribution in [0.5, 0.6) is 5.75 Å². The second-order valence-electron chi connectivity index (χ2n) is 2.27. The fraction of sp³-hybridized carbons (Fsp3) is 0. The highest BCUT2D eigenvalue weighted by Crippen LogP contribution is 2.25. The lowest BCUT2D eigenvalue weighted by Crippen LogP contribution is -1.74. The van der Waals surface area contributed by atoms with Crippen LogP contribution in [0.25, 0.3) is 11.0 Å². The van der Waals surface area contributed by atoms with E-state index in [1.165, 1.54) is 9.21 Å². The van der Waals surface area contributed by atoms with Gasteiger partial charge in [0.25, 0.3) is 0 Å². The van der Waals surface area contributed by atoms with E-state index in [0.717, 1.165) is 16.7 Å². The summed E-state index contributed by atoms with van der Waals surface area (Å²) in [6, 6.07) is 7.65. The molecule has 4 heteroatoms. The maximum Gasteiger partial charge on any atom is 0.139 e. The molecule has 0 saturated carbocycles. The molecule has 1 heterocycles. The summed E-state index contributed by atoms with van der Waals surface area (Å²) in [5.41, 5.74) is 0.890. The monoisotopic (exact) mass is 292 g/mol. The van der Waals surface area contributed by atoms with Gasteiger partial charge in [0.1, 0.15) is 20.5 Å². The molecule has 0 radical (unpaired) electrons. The van der Waals surface area contributed by atoms with E-state index in [1.54, 1.807) is 6.26 Å². The van der Waals surface area contributed by atoms with Gasteiger partial charge in [-0.15, -0.1) is 0 Å². The quantitative estimate of drug-likeness (QED) is 0.621. The van der Waals surface area contributed by atoms with Gasteiger partial charge in [-0.2, -0.15) is 0 Å². The van der Waals surface area contributed by atoms with Gasteiger partial charge >= 0.3 is 0 Å². The first-order valence-corrected chi connectivity index (χ1v) is 6.61. The van der Waals surface area contributed by atoms with Crippen LogP contribution in [0.2, 0.25) is 0 Å². The molecule has 1 aromatic carbocycles. The molecular formula is C8H5IO2S. The highest BCUT2D eigenvalue weighted by Gasteiger charge is 1.98. The Bertz CT molecular complexity index is 385. The van der Waals surface area contributed by atoms with Crippen LogP contribution < -0.4 is 4.18 Å². The number of halogens is 1. The molecule has 0 bridgehead atoms. The van der Waals surface area contributed by atoms with Gasteiger partial charge in [-0.3, -0.25) is 0 Å². The summed E-state index contributed by atoms with van der Waals surface area (Å²) in [7, 11) is 1.31. The molecule has 2 rings (SSSR count). The van der Waals surface area contributed by atoms with E-state index in [4.69, 9.17) is 8.60 Å². The standard InChI is InChI=1S/C8H5IO2S/c9-12-11-7-1-2-8-6(5-7)3-4-10-8/h1-5H. The van der Waals surface area contributed by atoms with Crippen LogP contribution >= 0.6 is 30.4 Å². The molecule has 0 fully saturated rings. The molecule has 0 aliphatic carbocycles. The normalized spacial score (nSPS) is 10.4. The number of fused-ring (bicyclic) bond motifs is 1. The van der Waals surface area contributed by atoms with Gasteiger partial charge in [0.05, 0.1) is 6.26 Å². The zero-order valence-corrected chi connectivity index (χ0v) is 8.96. The molecule has 0 N–H and O–H groups in total. The van der Waals surface area contributed by atoms with E-state index in [9.17, 15) is 0 Å². The highest BCUT2D eigenvalue weighted by molar-refractivity contribution is 14.2. The molecule has 0 unspecified atom stereocenters. The van der Waals surface area contributed by atoms with Gasteiger partial charge in [-0.05, 0) is 24.3 Å². The van der Waals surface area contributed by atoms with Crippen molar-refractivity contribution >= 4 is 41.4 Å². The summed E-state index contributed by atoms with van der Waals surface area (Å²) in [6.45, 7) is 0. The largest absolute Gasteiger partial charge is 0.464 e. The van der Waals surface area contributed by atoms with Crippen molar-refractivity contribution in [3.8, 4) is 5.75 Å². The lowest BCUT2D eigenvalue weighted by Gasteiger charge is -1.97. The Kier molecular flexibility index (Phi) is 2.45. The van der Waals surface area contributed by atoms with Crippen molar-refractivity contribution in [1.29, 1.82) is 0 Å². The predicted octanol–water partition coefficient (Wildman–Crippen LogP) is 3.81. The Hall–Kier alpha value is -0.360. The van der Waals surface area contributed by atoms with Crippen LogP contribution in [0, 0.1) is 0 Å². The minimum absolute atomic E-state index is 0.850. The third-order valence-electron chi connectivity index (χ3n) is 1.55. The number of benzene rings is 1. The summed E-state index contributed by atoms with van der Waals surface area (Å²) in [6.07, 6.45) is 1.67. The molecule has 0 spiro atoms. The topological polar surface area (TPSA) is 22.4 Å². The Labute approximate surface area is 86.1 Å². The van der Waals surface area contributed by atoms with Gasteiger partial charge in [-0.1, -0.05) is 0 Å². The van der Waals surface area contributed by atoms with Gasteiger partial charge in [0.2, 0.25) is 0 Å². The molecule has 2 nitrogen and oxygen atoms in total. The lowest BCUT2D eigenvalue weighted by atomic mass is 10.2. The highest BCUT2D eigenvalue weighted by atomic mass is 127. The first-order valence-electron chi connectivity index (χ1n) is 3.32. The first-order chi connectivity index (χ1) is 5.90. The average molecular weight is 292 g/mol. The number of hydrogen-bond acceptors (Lipinski definition) is 3. The summed E-state index contributed by atoms with van der Waals surface area (Å²) in [4.78, 5) is 0. The number of hydrogen-bond donors (Lipinski definition) is 0. The molecule has 2 aromatic rings. The lowest BCUT2D eigenvalue weighted by molar-refractivity contribution is 0.614. The van der Waals surface area contributed by atoms with Crippen molar-refractivity contribution < 1.29 is 8.60 Å². The van der Waals surface area contributed by atoms with Crippen molar-refractivity contribution in [2.75, 3.05) is 0 Å². The van der Waals surface area contributed by atoms with Crippen LogP contribution in [0.1, 0.15) is 0 Å². The van der Waals surface area contributed by atoms with Crippen LogP contribution in [0.15, 0.2) is 34.9 Å². The van der Waals surface area contributed by atoms with Crippen molar-refractivity contribution in [1.82, 2.24) is 0 Å². The van der Waals surface area contributed by atoms with Gasteiger partial charge in [-0.25, -0.2) is 0 Å². The van der Waals surface area contributed by atoms with E-state index in [0.29, 0.717) is 0 Å². The zero-order valence-electron chi connectivity index (χ0n) is 5.99. The van der Waals surface area contributed by atoms with Crippen molar-refractivity contribution in [2.24, 2.45) is 0 Å². The molecule has 0 amide bonds. The van der Waals surface area contributed by atoms with E-state index in [-0.39, 0.29) is 0 Å². The minimum Gasteiger partial charge on any atom is -0.464 e. The average Bonchev–Trinajstić information content (AvgIpc) is 2.51. The molecule has 0 atom stereocenters. The molecule has 0 aliphatic rings. The summed E-state index contributed by atoms with van der Waals surface area (Å²) >= 11 is 2.08. The van der Waals surface area contributed by atoms with Crippen molar-refractivity contribution in [3.05, 3.63) is 30.5 Å². The fourth-order valence-corrected chi connectivity index (χ4v) is 1.83. The third kappa shape index (κ3) is 1.54. The second kappa shape index (κ2) is 3.57. The zero-order chi connectivity index (χ0) is 8.39. The molecule has 12 heavy (non-hydrogen) atoms. The summed E-state index contributed by atoms with van der Waals surface area (Å²) in [5.74, 6) is 0.850. The van der Waals surface area contributed by atoms with E-state index >= 15 is 0 Å². The van der Waals surface area contributed by atoms with Crippen LogP contribution in [-0.4, -0.2) is 0 Å².